The SMILES string of the molecule is C=Cc1cnc(N)cc1C(C)N. The molecule has 0 radical (unpaired) electrons. The predicted octanol–water partition coefficient (Wildman–Crippen LogP) is 1.33. The first-order valence-corrected chi connectivity index (χ1v) is 3.78. The van der Waals surface area contributed by atoms with E-state index >= 15 is 0 Å². The Morgan fingerprint density at radius 2 is 2.33 bits per heavy atom. The zero-order valence-corrected chi connectivity index (χ0v) is 7.12. The van der Waals surface area contributed by atoms with E-state index in [9.17, 15) is 0 Å². The standard InChI is InChI=1S/C9H13N3/c1-3-7-5-12-9(11)4-8(7)6(2)10/h3-6H,1,10H2,2H3,(H2,11,12). The van der Waals surface area contributed by atoms with E-state index in [-0.39, 0.29) is 6.04 Å². The molecule has 0 aromatic carbocycles. The molecule has 64 valence electrons. The van der Waals surface area contributed by atoms with Crippen molar-refractivity contribution < 1.29 is 0 Å². The molecule has 0 aliphatic rings. The number of pyridine rings is 1. The average molecular weight is 163 g/mol. The Morgan fingerprint density at radius 3 is 2.83 bits per heavy atom. The van der Waals surface area contributed by atoms with Crippen molar-refractivity contribution in [3.05, 3.63) is 30.0 Å². The number of hydrogen-bond acceptors (Lipinski definition) is 3. The summed E-state index contributed by atoms with van der Waals surface area (Å²) >= 11 is 0. The fourth-order valence-electron chi connectivity index (χ4n) is 1.06. The van der Waals surface area contributed by atoms with Crippen LogP contribution >= 0.6 is 0 Å². The summed E-state index contributed by atoms with van der Waals surface area (Å²) in [5, 5.41) is 0. The van der Waals surface area contributed by atoms with Gasteiger partial charge in [0.25, 0.3) is 0 Å². The Kier molecular flexibility index (Phi) is 2.45. The highest BCUT2D eigenvalue weighted by Gasteiger charge is 2.04. The molecule has 0 fully saturated rings. The summed E-state index contributed by atoms with van der Waals surface area (Å²) in [6, 6.07) is 1.74. The predicted molar refractivity (Wildman–Crippen MR) is 51.3 cm³/mol. The molecule has 0 amide bonds. The normalized spacial score (nSPS) is 12.5. The van der Waals surface area contributed by atoms with Gasteiger partial charge in [-0.25, -0.2) is 4.98 Å². The van der Waals surface area contributed by atoms with E-state index in [2.05, 4.69) is 11.6 Å². The average Bonchev–Trinajstić information content (AvgIpc) is 2.04. The lowest BCUT2D eigenvalue weighted by atomic mass is 10.0. The minimum absolute atomic E-state index is 0.0386. The molecule has 0 bridgehead atoms. The summed E-state index contributed by atoms with van der Waals surface area (Å²) in [6.45, 7) is 5.57. The molecule has 1 aromatic rings. The van der Waals surface area contributed by atoms with Gasteiger partial charge in [-0.1, -0.05) is 12.7 Å². The Bertz CT molecular complexity index is 292. The van der Waals surface area contributed by atoms with Gasteiger partial charge in [0.2, 0.25) is 0 Å². The molecule has 12 heavy (non-hydrogen) atoms. The molecule has 0 aliphatic carbocycles. The van der Waals surface area contributed by atoms with Gasteiger partial charge in [0, 0.05) is 12.2 Å². The molecule has 0 saturated carbocycles. The maximum Gasteiger partial charge on any atom is 0.123 e. The fraction of sp³-hybridized carbons (Fsp3) is 0.222. The van der Waals surface area contributed by atoms with Crippen molar-refractivity contribution in [3.63, 3.8) is 0 Å². The molecule has 4 N–H and O–H groups in total. The summed E-state index contributed by atoms with van der Waals surface area (Å²) < 4.78 is 0. The number of nitrogens with zero attached hydrogens (tertiary/aromatic N) is 1. The van der Waals surface area contributed by atoms with E-state index in [0.717, 1.165) is 11.1 Å². The Balaban J connectivity index is 3.21. The van der Waals surface area contributed by atoms with Gasteiger partial charge in [-0.15, -0.1) is 0 Å². The molecule has 3 nitrogen and oxygen atoms in total. The monoisotopic (exact) mass is 163 g/mol. The first-order valence-electron chi connectivity index (χ1n) is 3.78. The van der Waals surface area contributed by atoms with Crippen molar-refractivity contribution in [2.45, 2.75) is 13.0 Å². The van der Waals surface area contributed by atoms with E-state index in [1.807, 2.05) is 6.92 Å². The first-order chi connectivity index (χ1) is 5.65. The molecule has 1 rings (SSSR count). The largest absolute Gasteiger partial charge is 0.384 e. The van der Waals surface area contributed by atoms with Crippen LogP contribution in [-0.4, -0.2) is 4.98 Å². The molecule has 1 unspecified atom stereocenters. The maximum atomic E-state index is 5.73. The molecule has 1 aromatic heterocycles. The second kappa shape index (κ2) is 3.36. The van der Waals surface area contributed by atoms with Gasteiger partial charge in [0.1, 0.15) is 5.82 Å². The van der Waals surface area contributed by atoms with E-state index in [0.29, 0.717) is 5.82 Å². The lowest BCUT2D eigenvalue weighted by Gasteiger charge is -2.09. The van der Waals surface area contributed by atoms with Crippen LogP contribution in [0.3, 0.4) is 0 Å². The highest BCUT2D eigenvalue weighted by atomic mass is 14.8. The molecule has 0 saturated heterocycles. The van der Waals surface area contributed by atoms with Gasteiger partial charge in [-0.05, 0) is 24.1 Å². The maximum absolute atomic E-state index is 5.73. The number of nitrogen functional groups attached to an aromatic ring is 1. The summed E-state index contributed by atoms with van der Waals surface area (Å²) in [7, 11) is 0. The van der Waals surface area contributed by atoms with Crippen LogP contribution in [0.15, 0.2) is 18.8 Å². The molecule has 0 spiro atoms. The summed E-state index contributed by atoms with van der Waals surface area (Å²) in [5.41, 5.74) is 13.2. The fourth-order valence-corrected chi connectivity index (χ4v) is 1.06. The van der Waals surface area contributed by atoms with Gasteiger partial charge in [0.05, 0.1) is 0 Å². The molecular weight excluding hydrogens is 150 g/mol. The Hall–Kier alpha value is -1.35. The van der Waals surface area contributed by atoms with Gasteiger partial charge >= 0.3 is 0 Å². The molecule has 3 heteroatoms. The number of hydrogen-bond donors (Lipinski definition) is 2. The van der Waals surface area contributed by atoms with E-state index in [4.69, 9.17) is 11.5 Å². The number of nitrogens with two attached hydrogens (primary N) is 2. The first kappa shape index (κ1) is 8.74. The minimum atomic E-state index is -0.0386. The van der Waals surface area contributed by atoms with E-state index in [1.165, 1.54) is 0 Å². The van der Waals surface area contributed by atoms with Crippen LogP contribution in [0.1, 0.15) is 24.1 Å². The summed E-state index contributed by atoms with van der Waals surface area (Å²) in [4.78, 5) is 3.94. The lowest BCUT2D eigenvalue weighted by molar-refractivity contribution is 0.814. The highest BCUT2D eigenvalue weighted by Crippen LogP contribution is 2.17. The van der Waals surface area contributed by atoms with Crippen LogP contribution in [-0.2, 0) is 0 Å². The number of aromatic nitrogens is 1. The number of anilines is 1. The van der Waals surface area contributed by atoms with Crippen molar-refractivity contribution in [3.8, 4) is 0 Å². The molecule has 1 heterocycles. The van der Waals surface area contributed by atoms with Crippen LogP contribution in [0, 0.1) is 0 Å². The second-order valence-corrected chi connectivity index (χ2v) is 2.73. The number of rotatable bonds is 2. The van der Waals surface area contributed by atoms with Crippen molar-refractivity contribution in [2.24, 2.45) is 5.73 Å². The van der Waals surface area contributed by atoms with Gasteiger partial charge in [-0.2, -0.15) is 0 Å². The summed E-state index contributed by atoms with van der Waals surface area (Å²) in [5.74, 6) is 0.493. The van der Waals surface area contributed by atoms with Crippen LogP contribution in [0.5, 0.6) is 0 Å². The zero-order chi connectivity index (χ0) is 9.14. The van der Waals surface area contributed by atoms with E-state index < -0.39 is 0 Å². The molecular formula is C9H13N3. The van der Waals surface area contributed by atoms with Crippen LogP contribution in [0.25, 0.3) is 6.08 Å². The third-order valence-corrected chi connectivity index (χ3v) is 1.70. The van der Waals surface area contributed by atoms with Gasteiger partial charge in [-0.3, -0.25) is 0 Å². The van der Waals surface area contributed by atoms with Crippen LogP contribution in [0.4, 0.5) is 5.82 Å². The summed E-state index contributed by atoms with van der Waals surface area (Å²) in [6.07, 6.45) is 3.41. The Morgan fingerprint density at radius 1 is 1.67 bits per heavy atom. The third-order valence-electron chi connectivity index (χ3n) is 1.70. The van der Waals surface area contributed by atoms with Crippen LogP contribution < -0.4 is 11.5 Å². The quantitative estimate of drug-likeness (QED) is 0.691. The van der Waals surface area contributed by atoms with Crippen LogP contribution in [0.2, 0.25) is 0 Å². The third kappa shape index (κ3) is 1.62. The van der Waals surface area contributed by atoms with Gasteiger partial charge < -0.3 is 11.5 Å². The van der Waals surface area contributed by atoms with Crippen molar-refractivity contribution in [1.29, 1.82) is 0 Å². The van der Waals surface area contributed by atoms with Crippen molar-refractivity contribution in [2.75, 3.05) is 5.73 Å². The van der Waals surface area contributed by atoms with Crippen molar-refractivity contribution in [1.82, 2.24) is 4.98 Å². The van der Waals surface area contributed by atoms with E-state index in [1.54, 1.807) is 18.3 Å². The van der Waals surface area contributed by atoms with Gasteiger partial charge in [0.15, 0.2) is 0 Å². The minimum Gasteiger partial charge on any atom is -0.384 e. The lowest BCUT2D eigenvalue weighted by Crippen LogP contribution is -2.08. The highest BCUT2D eigenvalue weighted by molar-refractivity contribution is 5.54. The second-order valence-electron chi connectivity index (χ2n) is 2.73. The van der Waals surface area contributed by atoms with Crippen molar-refractivity contribution >= 4 is 11.9 Å². The zero-order valence-electron chi connectivity index (χ0n) is 7.12. The Labute approximate surface area is 72.1 Å². The molecule has 0 aliphatic heterocycles. The topological polar surface area (TPSA) is 64.9 Å². The molecule has 1 atom stereocenters. The smallest absolute Gasteiger partial charge is 0.123 e.